The van der Waals surface area contributed by atoms with Gasteiger partial charge in [-0.2, -0.15) is 5.10 Å². The number of rotatable bonds is 5. The van der Waals surface area contributed by atoms with Gasteiger partial charge in [0.05, 0.1) is 28.7 Å². The fraction of sp³-hybridized carbons (Fsp3) is 0.148. The molecule has 0 bridgehead atoms. The number of aromatic carboxylic acids is 1. The summed E-state index contributed by atoms with van der Waals surface area (Å²) in [4.78, 5) is 24.8. The van der Waals surface area contributed by atoms with Gasteiger partial charge in [0.1, 0.15) is 11.3 Å². The zero-order valence-corrected chi connectivity index (χ0v) is 19.0. The molecule has 0 aliphatic heterocycles. The van der Waals surface area contributed by atoms with E-state index in [1.165, 1.54) is 6.07 Å². The van der Waals surface area contributed by atoms with Gasteiger partial charge in [0, 0.05) is 35.3 Å². The van der Waals surface area contributed by atoms with Crippen LogP contribution in [0.2, 0.25) is 0 Å². The third-order valence-electron chi connectivity index (χ3n) is 6.03. The van der Waals surface area contributed by atoms with E-state index >= 15 is 0 Å². The number of hydrogen-bond acceptors (Lipinski definition) is 5. The van der Waals surface area contributed by atoms with E-state index in [0.29, 0.717) is 22.4 Å². The standard InChI is InChI=1S/C27H23N3O4/c1-15-10-20(16(2)29-22-7-5-4-6-19(22)27(32)33)26-21(11-15)24(31)13-25(34-26)17-8-9-18-14-28-30(3)23(18)12-17/h4-14,16,29H,1-3H3,(H,32,33). The van der Waals surface area contributed by atoms with Crippen LogP contribution < -0.4 is 10.7 Å². The van der Waals surface area contributed by atoms with Gasteiger partial charge in [0.2, 0.25) is 0 Å². The van der Waals surface area contributed by atoms with Gasteiger partial charge in [0.15, 0.2) is 5.43 Å². The van der Waals surface area contributed by atoms with E-state index in [0.717, 1.165) is 27.6 Å². The molecule has 5 rings (SSSR count). The molecular formula is C27H23N3O4. The Labute approximate surface area is 195 Å². The lowest BCUT2D eigenvalue weighted by Crippen LogP contribution is -2.12. The summed E-state index contributed by atoms with van der Waals surface area (Å²) in [5.74, 6) is -0.549. The van der Waals surface area contributed by atoms with E-state index in [1.807, 2.05) is 51.2 Å². The largest absolute Gasteiger partial charge is 0.478 e. The zero-order chi connectivity index (χ0) is 24.0. The number of hydrogen-bond donors (Lipinski definition) is 2. The lowest BCUT2D eigenvalue weighted by atomic mass is 10.00. The molecule has 170 valence electrons. The minimum atomic E-state index is -1.01. The minimum absolute atomic E-state index is 0.135. The van der Waals surface area contributed by atoms with Gasteiger partial charge in [-0.25, -0.2) is 4.79 Å². The monoisotopic (exact) mass is 453 g/mol. The number of anilines is 1. The van der Waals surface area contributed by atoms with Gasteiger partial charge in [-0.05, 0) is 43.7 Å². The van der Waals surface area contributed by atoms with E-state index in [2.05, 4.69) is 10.4 Å². The van der Waals surface area contributed by atoms with Crippen molar-refractivity contribution in [3.8, 4) is 11.3 Å². The summed E-state index contributed by atoms with van der Waals surface area (Å²) in [5.41, 5.74) is 4.42. The molecule has 2 N–H and O–H groups in total. The van der Waals surface area contributed by atoms with Crippen molar-refractivity contribution < 1.29 is 14.3 Å². The Balaban J connectivity index is 1.65. The molecule has 5 aromatic rings. The smallest absolute Gasteiger partial charge is 0.337 e. The van der Waals surface area contributed by atoms with Crippen molar-refractivity contribution >= 4 is 33.5 Å². The Morgan fingerprint density at radius 3 is 2.71 bits per heavy atom. The summed E-state index contributed by atoms with van der Waals surface area (Å²) in [7, 11) is 1.87. The Morgan fingerprint density at radius 1 is 1.12 bits per heavy atom. The molecule has 3 aromatic carbocycles. The maximum absolute atomic E-state index is 13.1. The predicted molar refractivity (Wildman–Crippen MR) is 132 cm³/mol. The molecule has 0 radical (unpaired) electrons. The third-order valence-corrected chi connectivity index (χ3v) is 6.03. The fourth-order valence-corrected chi connectivity index (χ4v) is 4.30. The molecule has 0 aliphatic rings. The van der Waals surface area contributed by atoms with Crippen molar-refractivity contribution in [3.63, 3.8) is 0 Å². The van der Waals surface area contributed by atoms with Gasteiger partial charge in [-0.15, -0.1) is 0 Å². The highest BCUT2D eigenvalue weighted by Gasteiger charge is 2.18. The molecule has 0 spiro atoms. The Hall–Kier alpha value is -4.39. The first-order valence-corrected chi connectivity index (χ1v) is 10.9. The lowest BCUT2D eigenvalue weighted by Gasteiger charge is -2.19. The van der Waals surface area contributed by atoms with Crippen LogP contribution >= 0.6 is 0 Å². The second kappa shape index (κ2) is 8.19. The number of benzene rings is 3. The van der Waals surface area contributed by atoms with Gasteiger partial charge in [0.25, 0.3) is 0 Å². The van der Waals surface area contributed by atoms with Gasteiger partial charge in [-0.1, -0.05) is 30.3 Å². The summed E-state index contributed by atoms with van der Waals surface area (Å²) in [5, 5.41) is 18.6. The van der Waals surface area contributed by atoms with Crippen LogP contribution in [0.15, 0.2) is 76.1 Å². The number of carboxylic acids is 1. The van der Waals surface area contributed by atoms with Gasteiger partial charge in [-0.3, -0.25) is 9.48 Å². The highest BCUT2D eigenvalue weighted by atomic mass is 16.4. The van der Waals surface area contributed by atoms with E-state index in [4.69, 9.17) is 4.42 Å². The lowest BCUT2D eigenvalue weighted by molar-refractivity contribution is 0.0698. The highest BCUT2D eigenvalue weighted by Crippen LogP contribution is 2.32. The van der Waals surface area contributed by atoms with Crippen LogP contribution in [0.3, 0.4) is 0 Å². The number of nitrogens with one attached hydrogen (secondary N) is 1. The van der Waals surface area contributed by atoms with Crippen molar-refractivity contribution in [3.05, 3.63) is 93.8 Å². The normalized spacial score (nSPS) is 12.2. The highest BCUT2D eigenvalue weighted by molar-refractivity contribution is 5.94. The summed E-state index contributed by atoms with van der Waals surface area (Å²) in [6.07, 6.45) is 1.79. The summed E-state index contributed by atoms with van der Waals surface area (Å²) in [6.45, 7) is 3.84. The summed E-state index contributed by atoms with van der Waals surface area (Å²) < 4.78 is 8.11. The van der Waals surface area contributed by atoms with Crippen LogP contribution in [0.1, 0.15) is 34.5 Å². The van der Waals surface area contributed by atoms with Crippen LogP contribution in [0.5, 0.6) is 0 Å². The van der Waals surface area contributed by atoms with Crippen LogP contribution in [0.4, 0.5) is 5.69 Å². The number of para-hydroxylation sites is 1. The predicted octanol–water partition coefficient (Wildman–Crippen LogP) is 5.53. The first-order chi connectivity index (χ1) is 16.3. The number of aryl methyl sites for hydroxylation is 2. The van der Waals surface area contributed by atoms with E-state index in [-0.39, 0.29) is 17.0 Å². The molecule has 1 unspecified atom stereocenters. The molecule has 1 atom stereocenters. The van der Waals surface area contributed by atoms with Crippen LogP contribution in [-0.4, -0.2) is 20.9 Å². The summed E-state index contributed by atoms with van der Waals surface area (Å²) in [6, 6.07) is 17.5. The maximum Gasteiger partial charge on any atom is 0.337 e. The molecular weight excluding hydrogens is 430 g/mol. The molecule has 2 aromatic heterocycles. The number of carbonyl (C=O) groups is 1. The molecule has 7 nitrogen and oxygen atoms in total. The molecule has 2 heterocycles. The number of aromatic nitrogens is 2. The van der Waals surface area contributed by atoms with Crippen molar-refractivity contribution in [1.29, 1.82) is 0 Å². The Kier molecular flexibility index (Phi) is 5.17. The first-order valence-electron chi connectivity index (χ1n) is 10.9. The Bertz CT molecular complexity index is 1630. The molecule has 0 amide bonds. The molecule has 34 heavy (non-hydrogen) atoms. The van der Waals surface area contributed by atoms with Crippen LogP contribution in [0, 0.1) is 6.92 Å². The van der Waals surface area contributed by atoms with Crippen molar-refractivity contribution in [1.82, 2.24) is 9.78 Å². The van der Waals surface area contributed by atoms with Crippen molar-refractivity contribution in [2.45, 2.75) is 19.9 Å². The summed E-state index contributed by atoms with van der Waals surface area (Å²) >= 11 is 0. The number of nitrogens with zero attached hydrogens (tertiary/aromatic N) is 2. The molecule has 0 saturated carbocycles. The molecule has 0 aliphatic carbocycles. The number of fused-ring (bicyclic) bond motifs is 2. The third kappa shape index (κ3) is 3.71. The van der Waals surface area contributed by atoms with Crippen LogP contribution in [-0.2, 0) is 7.05 Å². The van der Waals surface area contributed by atoms with Crippen molar-refractivity contribution in [2.75, 3.05) is 5.32 Å². The molecule has 7 heteroatoms. The minimum Gasteiger partial charge on any atom is -0.478 e. The second-order valence-corrected chi connectivity index (χ2v) is 8.46. The average molecular weight is 453 g/mol. The van der Waals surface area contributed by atoms with E-state index in [1.54, 1.807) is 35.1 Å². The average Bonchev–Trinajstić information content (AvgIpc) is 3.19. The molecule has 0 saturated heterocycles. The fourth-order valence-electron chi connectivity index (χ4n) is 4.30. The topological polar surface area (TPSA) is 97.4 Å². The van der Waals surface area contributed by atoms with Crippen molar-refractivity contribution in [2.24, 2.45) is 7.05 Å². The van der Waals surface area contributed by atoms with E-state index < -0.39 is 5.97 Å². The first kappa shape index (κ1) is 21.5. The second-order valence-electron chi connectivity index (χ2n) is 8.46. The number of carboxylic acid groups (broad SMARTS) is 1. The zero-order valence-electron chi connectivity index (χ0n) is 19.0. The SMILES string of the molecule is Cc1cc(C(C)Nc2ccccc2C(=O)O)c2oc(-c3ccc4cnn(C)c4c3)cc(=O)c2c1. The maximum atomic E-state index is 13.1. The van der Waals surface area contributed by atoms with E-state index in [9.17, 15) is 14.7 Å². The van der Waals surface area contributed by atoms with Gasteiger partial charge < -0.3 is 14.8 Å². The quantitative estimate of drug-likeness (QED) is 0.363. The Morgan fingerprint density at radius 2 is 1.91 bits per heavy atom. The van der Waals surface area contributed by atoms with Gasteiger partial charge >= 0.3 is 5.97 Å². The van der Waals surface area contributed by atoms with Crippen LogP contribution in [0.25, 0.3) is 33.2 Å². The molecule has 0 fully saturated rings.